The molecule has 176 valence electrons. The zero-order chi connectivity index (χ0) is 24.3. The minimum atomic E-state index is -0.394. The van der Waals surface area contributed by atoms with Gasteiger partial charge in [0.15, 0.2) is 0 Å². The van der Waals surface area contributed by atoms with Gasteiger partial charge in [0, 0.05) is 23.1 Å². The quantitative estimate of drug-likeness (QED) is 0.695. The molecule has 0 bridgehead atoms. The molecule has 1 heterocycles. The number of amides is 3. The Balaban J connectivity index is 2.30. The van der Waals surface area contributed by atoms with Gasteiger partial charge in [-0.2, -0.15) is 5.10 Å². The lowest BCUT2D eigenvalue weighted by Gasteiger charge is -2.30. The third-order valence-electron chi connectivity index (χ3n) is 4.74. The van der Waals surface area contributed by atoms with Crippen LogP contribution in [0.3, 0.4) is 0 Å². The highest BCUT2D eigenvalue weighted by molar-refractivity contribution is 5.94. The van der Waals surface area contributed by atoms with Crippen LogP contribution in [-0.2, 0) is 10.2 Å². The molecule has 0 saturated heterocycles. The average Bonchev–Trinajstić information content (AvgIpc) is 3.08. The van der Waals surface area contributed by atoms with Gasteiger partial charge in [0.05, 0.1) is 18.5 Å². The van der Waals surface area contributed by atoms with E-state index in [0.717, 1.165) is 17.1 Å². The number of hydrogen-bond acceptors (Lipinski definition) is 4. The SMILES string of the molecule is COc1ccc(-n2nc(C(C)(C)C)cc2NC(=O)CN(C(=O)NC(C)(C)C)C(C)C)cc1. The summed E-state index contributed by atoms with van der Waals surface area (Å²) < 4.78 is 6.94. The van der Waals surface area contributed by atoms with Crippen LogP contribution in [-0.4, -0.2) is 51.9 Å². The smallest absolute Gasteiger partial charge is 0.318 e. The molecule has 0 fully saturated rings. The van der Waals surface area contributed by atoms with Crippen LogP contribution in [0.25, 0.3) is 5.69 Å². The standard InChI is InChI=1S/C24H37N5O3/c1-16(2)28(22(31)26-24(6,7)8)15-21(30)25-20-14-19(23(3,4)5)27-29(20)17-10-12-18(32-9)13-11-17/h10-14,16H,15H2,1-9H3,(H,25,30)(H,26,31). The first-order chi connectivity index (χ1) is 14.7. The molecule has 1 aromatic heterocycles. The van der Waals surface area contributed by atoms with E-state index < -0.39 is 5.54 Å². The van der Waals surface area contributed by atoms with Crippen LogP contribution in [0.4, 0.5) is 10.6 Å². The van der Waals surface area contributed by atoms with Crippen molar-refractivity contribution in [2.45, 2.75) is 72.4 Å². The van der Waals surface area contributed by atoms with Crippen molar-refractivity contribution in [1.82, 2.24) is 20.0 Å². The molecule has 0 aliphatic carbocycles. The molecule has 1 aromatic carbocycles. The number of carbonyl (C=O) groups is 2. The van der Waals surface area contributed by atoms with E-state index in [1.54, 1.807) is 11.8 Å². The minimum Gasteiger partial charge on any atom is -0.497 e. The van der Waals surface area contributed by atoms with Crippen LogP contribution < -0.4 is 15.4 Å². The molecule has 2 rings (SSSR count). The van der Waals surface area contributed by atoms with Gasteiger partial charge < -0.3 is 20.3 Å². The highest BCUT2D eigenvalue weighted by Crippen LogP contribution is 2.27. The number of anilines is 1. The molecule has 0 atom stereocenters. The number of ether oxygens (including phenoxy) is 1. The van der Waals surface area contributed by atoms with Gasteiger partial charge in [-0.1, -0.05) is 20.8 Å². The van der Waals surface area contributed by atoms with Gasteiger partial charge in [-0.25, -0.2) is 9.48 Å². The molecule has 8 nitrogen and oxygen atoms in total. The van der Waals surface area contributed by atoms with Crippen molar-refractivity contribution in [2.24, 2.45) is 0 Å². The minimum absolute atomic E-state index is 0.0712. The lowest BCUT2D eigenvalue weighted by Crippen LogP contribution is -2.52. The van der Waals surface area contributed by atoms with Gasteiger partial charge >= 0.3 is 6.03 Å². The summed E-state index contributed by atoms with van der Waals surface area (Å²) in [5.41, 5.74) is 1.04. The topological polar surface area (TPSA) is 88.5 Å². The van der Waals surface area contributed by atoms with Crippen LogP contribution in [0.15, 0.2) is 30.3 Å². The second kappa shape index (κ2) is 9.63. The molecule has 2 N–H and O–H groups in total. The number of hydrogen-bond donors (Lipinski definition) is 2. The number of carbonyl (C=O) groups excluding carboxylic acids is 2. The summed E-state index contributed by atoms with van der Waals surface area (Å²) in [5.74, 6) is 0.989. The first-order valence-corrected chi connectivity index (χ1v) is 10.8. The summed E-state index contributed by atoms with van der Waals surface area (Å²) in [5, 5.41) is 10.6. The Morgan fingerprint density at radius 3 is 2.16 bits per heavy atom. The third kappa shape index (κ3) is 6.73. The number of benzene rings is 1. The van der Waals surface area contributed by atoms with Crippen molar-refractivity contribution in [3.05, 3.63) is 36.0 Å². The molecule has 2 aromatic rings. The van der Waals surface area contributed by atoms with Gasteiger partial charge in [-0.15, -0.1) is 0 Å². The van der Waals surface area contributed by atoms with E-state index in [9.17, 15) is 9.59 Å². The molecule has 3 amide bonds. The van der Waals surface area contributed by atoms with E-state index >= 15 is 0 Å². The summed E-state index contributed by atoms with van der Waals surface area (Å²) in [6.07, 6.45) is 0. The van der Waals surface area contributed by atoms with Crippen molar-refractivity contribution in [1.29, 1.82) is 0 Å². The summed E-state index contributed by atoms with van der Waals surface area (Å²) in [4.78, 5) is 27.1. The highest BCUT2D eigenvalue weighted by Gasteiger charge is 2.26. The Hall–Kier alpha value is -3.03. The first kappa shape index (κ1) is 25.2. The normalized spacial score (nSPS) is 11.9. The second-order valence-corrected chi connectivity index (χ2v) is 10.2. The first-order valence-electron chi connectivity index (χ1n) is 10.8. The van der Waals surface area contributed by atoms with Crippen molar-refractivity contribution in [2.75, 3.05) is 19.0 Å². The van der Waals surface area contributed by atoms with Crippen LogP contribution in [0.5, 0.6) is 5.75 Å². The molecular weight excluding hydrogens is 406 g/mol. The van der Waals surface area contributed by atoms with E-state index in [2.05, 4.69) is 31.4 Å². The fourth-order valence-corrected chi connectivity index (χ4v) is 2.98. The van der Waals surface area contributed by atoms with Crippen molar-refractivity contribution >= 4 is 17.8 Å². The number of rotatable bonds is 6. The van der Waals surface area contributed by atoms with Crippen LogP contribution >= 0.6 is 0 Å². The maximum Gasteiger partial charge on any atom is 0.318 e. The van der Waals surface area contributed by atoms with Gasteiger partial charge in [-0.3, -0.25) is 4.79 Å². The van der Waals surface area contributed by atoms with E-state index in [1.807, 2.05) is 65.0 Å². The Labute approximate surface area is 191 Å². The number of aromatic nitrogens is 2. The molecule has 0 aliphatic rings. The average molecular weight is 444 g/mol. The van der Waals surface area contributed by atoms with Crippen molar-refractivity contribution < 1.29 is 14.3 Å². The van der Waals surface area contributed by atoms with Crippen molar-refractivity contribution in [3.63, 3.8) is 0 Å². The number of nitrogens with one attached hydrogen (secondary N) is 2. The Kier molecular flexibility index (Phi) is 7.59. The maximum absolute atomic E-state index is 12.9. The molecule has 0 spiro atoms. The summed E-state index contributed by atoms with van der Waals surface area (Å²) >= 11 is 0. The lowest BCUT2D eigenvalue weighted by atomic mass is 9.92. The highest BCUT2D eigenvalue weighted by atomic mass is 16.5. The molecule has 0 saturated carbocycles. The van der Waals surface area contributed by atoms with E-state index in [1.165, 1.54) is 4.90 Å². The predicted octanol–water partition coefficient (Wildman–Crippen LogP) is 4.34. The van der Waals surface area contributed by atoms with Gasteiger partial charge in [-0.05, 0) is 58.9 Å². The summed E-state index contributed by atoms with van der Waals surface area (Å²) in [6.45, 7) is 15.6. The van der Waals surface area contributed by atoms with Crippen LogP contribution in [0, 0.1) is 0 Å². The Morgan fingerprint density at radius 2 is 1.69 bits per heavy atom. The predicted molar refractivity (Wildman–Crippen MR) is 128 cm³/mol. The van der Waals surface area contributed by atoms with Crippen LogP contribution in [0.2, 0.25) is 0 Å². The maximum atomic E-state index is 12.9. The van der Waals surface area contributed by atoms with E-state index in [4.69, 9.17) is 9.84 Å². The van der Waals surface area contributed by atoms with Crippen LogP contribution in [0.1, 0.15) is 61.1 Å². The van der Waals surface area contributed by atoms with Gasteiger partial charge in [0.2, 0.25) is 5.91 Å². The molecular formula is C24H37N5O3. The fraction of sp³-hybridized carbons (Fsp3) is 0.542. The number of urea groups is 1. The van der Waals surface area contributed by atoms with Gasteiger partial charge in [0.1, 0.15) is 18.1 Å². The monoisotopic (exact) mass is 443 g/mol. The van der Waals surface area contributed by atoms with E-state index in [0.29, 0.717) is 5.82 Å². The van der Waals surface area contributed by atoms with Crippen molar-refractivity contribution in [3.8, 4) is 11.4 Å². The number of methoxy groups -OCH3 is 1. The molecule has 32 heavy (non-hydrogen) atoms. The summed E-state index contributed by atoms with van der Waals surface area (Å²) in [6, 6.07) is 8.90. The third-order valence-corrected chi connectivity index (χ3v) is 4.74. The molecule has 0 unspecified atom stereocenters. The van der Waals surface area contributed by atoms with E-state index in [-0.39, 0.29) is 29.9 Å². The molecule has 8 heteroatoms. The second-order valence-electron chi connectivity index (χ2n) is 10.2. The Morgan fingerprint density at radius 1 is 1.09 bits per heavy atom. The molecule has 0 aliphatic heterocycles. The fourth-order valence-electron chi connectivity index (χ4n) is 2.98. The zero-order valence-electron chi connectivity index (χ0n) is 20.7. The molecule has 0 radical (unpaired) electrons. The largest absolute Gasteiger partial charge is 0.497 e. The Bertz CT molecular complexity index is 934. The summed E-state index contributed by atoms with van der Waals surface area (Å²) in [7, 11) is 1.61. The van der Waals surface area contributed by atoms with Gasteiger partial charge in [0.25, 0.3) is 0 Å². The lowest BCUT2D eigenvalue weighted by molar-refractivity contribution is -0.117. The number of nitrogens with zero attached hydrogens (tertiary/aromatic N) is 3. The zero-order valence-corrected chi connectivity index (χ0v) is 20.7.